The molecule has 10 rings (SSSR count). The van der Waals surface area contributed by atoms with Crippen molar-refractivity contribution in [2.45, 2.75) is 193 Å². The van der Waals surface area contributed by atoms with Gasteiger partial charge in [-0.05, 0) is 24.8 Å². The van der Waals surface area contributed by atoms with Gasteiger partial charge in [0.15, 0.2) is 25.2 Å². The van der Waals surface area contributed by atoms with Gasteiger partial charge in [-0.1, -0.05) is 32.1 Å². The van der Waals surface area contributed by atoms with Gasteiger partial charge in [0.1, 0.15) is 116 Å². The van der Waals surface area contributed by atoms with Crippen LogP contribution in [0.2, 0.25) is 0 Å². The molecule has 103 heavy (non-hydrogen) atoms. The van der Waals surface area contributed by atoms with Crippen LogP contribution in [0.5, 0.6) is 0 Å². The van der Waals surface area contributed by atoms with Crippen LogP contribution >= 0.6 is 0 Å². The number of aliphatic hydroxyl groups is 16. The van der Waals surface area contributed by atoms with E-state index < -0.39 is 282 Å². The first-order valence-corrected chi connectivity index (χ1v) is 33.4. The Morgan fingerprint density at radius 2 is 0.757 bits per heavy atom. The largest absolute Gasteiger partial charge is 0.472 e. The Labute approximate surface area is 587 Å². The lowest BCUT2D eigenvalue weighted by Crippen LogP contribution is -2.60. The highest BCUT2D eigenvalue weighted by Crippen LogP contribution is 2.52. The zero-order valence-corrected chi connectivity index (χ0v) is 56.0. The highest BCUT2D eigenvalue weighted by atomic mass is 16.8. The van der Waals surface area contributed by atoms with Crippen LogP contribution in [0, 0.1) is 59.2 Å². The molecule has 2 saturated carbocycles. The van der Waals surface area contributed by atoms with Crippen molar-refractivity contribution in [1.29, 1.82) is 0 Å². The number of rotatable bonds is 24. The molecular formula is C66H90O37. The Hall–Kier alpha value is -6.03. The molecule has 16 N–H and O–H groups in total. The lowest BCUT2D eigenvalue weighted by atomic mass is 9.76. The van der Waals surface area contributed by atoms with Gasteiger partial charge in [-0.2, -0.15) is 0 Å². The number of carbonyl (C=O) groups is 5. The second-order valence-corrected chi connectivity index (χ2v) is 26.8. The van der Waals surface area contributed by atoms with E-state index in [2.05, 4.69) is 13.2 Å². The molecule has 0 radical (unpaired) electrons. The summed E-state index contributed by atoms with van der Waals surface area (Å²) in [5, 5.41) is 169. The minimum atomic E-state index is -2.02. The van der Waals surface area contributed by atoms with Crippen molar-refractivity contribution in [3.05, 3.63) is 84.3 Å². The second-order valence-electron chi connectivity index (χ2n) is 26.8. The summed E-state index contributed by atoms with van der Waals surface area (Å²) in [6, 6.07) is 0. The quantitative estimate of drug-likeness (QED) is 0.0140. The number of aldehydes is 1. The Bertz CT molecular complexity index is 3170. The number of allylic oxidation sites excluding steroid dienone is 2. The van der Waals surface area contributed by atoms with Gasteiger partial charge in [0.2, 0.25) is 25.2 Å². The maximum atomic E-state index is 15.3. The normalized spacial score (nSPS) is 45.3. The first-order valence-electron chi connectivity index (χ1n) is 33.4. The monoisotopic (exact) mass is 1470 g/mol. The fourth-order valence-electron chi connectivity index (χ4n) is 15.2. The smallest absolute Gasteiger partial charge is 0.338 e. The van der Waals surface area contributed by atoms with Crippen molar-refractivity contribution in [2.75, 3.05) is 40.6 Å². The molecule has 37 heteroatoms. The van der Waals surface area contributed by atoms with E-state index >= 15 is 9.59 Å². The molecule has 0 spiro atoms. The highest BCUT2D eigenvalue weighted by molar-refractivity contribution is 5.93. The molecule has 0 bridgehead atoms. The minimum absolute atomic E-state index is 0.0243. The molecule has 8 heterocycles. The minimum Gasteiger partial charge on any atom is -0.472 e. The van der Waals surface area contributed by atoms with E-state index in [0.29, 0.717) is 6.29 Å². The number of hydrogen-bond donors (Lipinski definition) is 16. The molecular weight excluding hydrogens is 1380 g/mol. The molecule has 10 aliphatic rings. The highest BCUT2D eigenvalue weighted by Gasteiger charge is 2.59. The van der Waals surface area contributed by atoms with Crippen LogP contribution in [0.4, 0.5) is 0 Å². The van der Waals surface area contributed by atoms with Crippen LogP contribution in [-0.2, 0) is 99.8 Å². The average molecular weight is 1480 g/mol. The summed E-state index contributed by atoms with van der Waals surface area (Å²) in [4.78, 5) is 71.3. The Morgan fingerprint density at radius 3 is 1.10 bits per heavy atom. The SMILES string of the molecule is C=C[C@@H]1[C@@H](O[C@H]2O[C@@H](CO)[C@H](O)[C@@H](O)[C@@H]2O)OC=C(C(=O)O[C@@H]2C[C@H]3C(C(=O)OC)=CO[C@H](O[C@H]4O[C@@H](CO)[C@H](O)[C@@H](O)[C@@H]4O)[C@H]3[C@@H]2C)[C@@H]1C/C=C(/C=O)C1C(C(=O)O[C@H]2C[C@H]3C(C(=O)OC)=CO[C@H](O[C@H]4O[C@@H](CO)[C@H](O)[C@@H](O)[C@@H]4O)[C@H]3[C@H]2C)=CO[C@H](O[C@H]2O[C@@H](CO)[C@H](O)[C@@H](O)[C@@H]2O)[C@H]1C=C. The van der Waals surface area contributed by atoms with E-state index in [-0.39, 0.29) is 35.1 Å². The van der Waals surface area contributed by atoms with E-state index in [4.69, 9.17) is 75.8 Å². The topological polar surface area (TPSA) is 557 Å². The van der Waals surface area contributed by atoms with Gasteiger partial charge in [0, 0.05) is 53.3 Å². The Balaban J connectivity index is 0.986. The molecule has 0 aromatic rings. The van der Waals surface area contributed by atoms with Crippen LogP contribution in [0.1, 0.15) is 33.1 Å². The summed E-state index contributed by atoms with van der Waals surface area (Å²) >= 11 is 0. The Morgan fingerprint density at radius 1 is 0.437 bits per heavy atom. The summed E-state index contributed by atoms with van der Waals surface area (Å²) in [7, 11) is 2.22. The fourth-order valence-corrected chi connectivity index (χ4v) is 15.2. The summed E-state index contributed by atoms with van der Waals surface area (Å²) in [5.74, 6) is -15.1. The molecule has 37 nitrogen and oxygen atoms in total. The lowest BCUT2D eigenvalue weighted by molar-refractivity contribution is -0.342. The molecule has 8 aliphatic heterocycles. The van der Waals surface area contributed by atoms with Crippen molar-refractivity contribution >= 4 is 30.2 Å². The number of esters is 4. The van der Waals surface area contributed by atoms with E-state index in [0.717, 1.165) is 39.3 Å². The maximum Gasteiger partial charge on any atom is 0.338 e. The first kappa shape index (κ1) is 79.5. The molecule has 1 unspecified atom stereocenters. The van der Waals surface area contributed by atoms with Crippen molar-refractivity contribution in [1.82, 2.24) is 0 Å². The van der Waals surface area contributed by atoms with Gasteiger partial charge in [-0.3, -0.25) is 4.79 Å². The lowest BCUT2D eigenvalue weighted by Gasteiger charge is -2.43. The molecule has 2 aliphatic carbocycles. The zero-order valence-electron chi connectivity index (χ0n) is 56.0. The van der Waals surface area contributed by atoms with Crippen molar-refractivity contribution < 1.29 is 181 Å². The molecule has 0 aromatic carbocycles. The Kier molecular flexibility index (Phi) is 26.1. The standard InChI is InChI=1S/C66H90O37/c1-7-25-27(30(18-90-59(25)100-63-51(80)47(76)43(72)36(14-68)96-63)57(86)94-34-11-28-31(55(84)88-5)19-92-61(40(28)22(34)3)102-65-53(82)49(78)45(74)38(16-70)98-65)10-9-24(13-67)42-26(8-2)60(101-64-52(81)48(77)44(73)37(15-69)97-64)91-21-33(42)58(87)95-35-12-29-32(56(85)89-6)20-93-62(41(29)23(35)4)103-66-54(83)50(79)46(75)39(17-71)99-66/h7-9,13,18-23,25-29,34-54,59-66,68-83H,1-2,10-12,14-17H2,3-6H3/b24-9-/t22-,23+,25+,26+,27-,28+,29+,34-,35+,36+,37+,38+,39+,40+,41+,42?,43+,44+,45+,46+,47-,48-,49-,50-,51+,52+,53+,54+,59-,60-,61-,62-,63-,64-,65-,66-/m1/s1. The number of methoxy groups -OCH3 is 2. The third kappa shape index (κ3) is 15.6. The van der Waals surface area contributed by atoms with E-state index in [1.807, 2.05) is 0 Å². The predicted molar refractivity (Wildman–Crippen MR) is 330 cm³/mol. The summed E-state index contributed by atoms with van der Waals surface area (Å²) in [6.45, 7) is 7.78. The summed E-state index contributed by atoms with van der Waals surface area (Å²) < 4.78 is 93.4. The fraction of sp³-hybridized carbons (Fsp3) is 0.712. The number of fused-ring (bicyclic) bond motifs is 2. The zero-order chi connectivity index (χ0) is 74.9. The summed E-state index contributed by atoms with van der Waals surface area (Å²) in [6.07, 6.45) is -37.1. The van der Waals surface area contributed by atoms with Gasteiger partial charge in [-0.25, -0.2) is 19.2 Å². The molecule has 6 fully saturated rings. The third-order valence-electron chi connectivity index (χ3n) is 21.2. The average Bonchev–Trinajstić information content (AvgIpc) is 1.67. The molecule has 4 saturated heterocycles. The summed E-state index contributed by atoms with van der Waals surface area (Å²) in [5.41, 5.74) is -1.13. The van der Waals surface area contributed by atoms with Crippen molar-refractivity contribution in [3.63, 3.8) is 0 Å². The molecule has 36 atom stereocenters. The van der Waals surface area contributed by atoms with Crippen LogP contribution < -0.4 is 0 Å². The second kappa shape index (κ2) is 33.8. The van der Waals surface area contributed by atoms with Gasteiger partial charge in [-0.15, -0.1) is 13.2 Å². The molecule has 576 valence electrons. The number of aliphatic hydroxyl groups excluding tert-OH is 16. The predicted octanol–water partition coefficient (Wildman–Crippen LogP) is -6.72. The third-order valence-corrected chi connectivity index (χ3v) is 21.2. The van der Waals surface area contributed by atoms with E-state index in [9.17, 15) is 96.1 Å². The molecule has 0 amide bonds. The van der Waals surface area contributed by atoms with Crippen LogP contribution in [0.25, 0.3) is 0 Å². The van der Waals surface area contributed by atoms with Crippen molar-refractivity contribution in [2.24, 2.45) is 59.2 Å². The number of hydrogen-bond acceptors (Lipinski definition) is 37. The molecule has 0 aromatic heterocycles. The van der Waals surface area contributed by atoms with Gasteiger partial charge in [0.05, 0.1) is 93.9 Å². The van der Waals surface area contributed by atoms with Crippen molar-refractivity contribution in [3.8, 4) is 0 Å². The van der Waals surface area contributed by atoms with E-state index in [1.54, 1.807) is 13.8 Å². The van der Waals surface area contributed by atoms with Gasteiger partial charge in [0.25, 0.3) is 0 Å². The van der Waals surface area contributed by atoms with Gasteiger partial charge < -0.3 is 157 Å². The number of carbonyl (C=O) groups excluding carboxylic acids is 5. The van der Waals surface area contributed by atoms with Crippen LogP contribution in [-0.4, -0.2) is 313 Å². The van der Waals surface area contributed by atoms with Crippen LogP contribution in [0.3, 0.4) is 0 Å². The van der Waals surface area contributed by atoms with Gasteiger partial charge >= 0.3 is 23.9 Å². The number of ether oxygens (including phenoxy) is 16. The van der Waals surface area contributed by atoms with Crippen LogP contribution in [0.15, 0.2) is 84.3 Å². The van der Waals surface area contributed by atoms with E-state index in [1.165, 1.54) is 18.2 Å². The first-order chi connectivity index (χ1) is 49.1. The maximum absolute atomic E-state index is 15.3.